The van der Waals surface area contributed by atoms with Crippen molar-refractivity contribution in [2.24, 2.45) is 0 Å². The third kappa shape index (κ3) is 3.86. The number of fused-ring (bicyclic) bond motifs is 2. The summed E-state index contributed by atoms with van der Waals surface area (Å²) in [7, 11) is 0. The molecule has 0 saturated heterocycles. The van der Waals surface area contributed by atoms with Gasteiger partial charge < -0.3 is 30.0 Å². The largest absolute Gasteiger partial charge is 0.493 e. The number of hydrogen-bond donors (Lipinski definition) is 3. The molecule has 2 aromatic rings. The molecule has 0 aliphatic carbocycles. The number of hydrogen-bond acceptors (Lipinski definition) is 6. The van der Waals surface area contributed by atoms with Gasteiger partial charge in [-0.15, -0.1) is 0 Å². The summed E-state index contributed by atoms with van der Waals surface area (Å²) in [5.74, 6) is 0.512. The topological polar surface area (TPSA) is 106 Å². The Labute approximate surface area is 161 Å². The summed E-state index contributed by atoms with van der Waals surface area (Å²) < 4.78 is 15.9. The van der Waals surface area contributed by atoms with Gasteiger partial charge in [0.15, 0.2) is 11.5 Å². The fourth-order valence-electron chi connectivity index (χ4n) is 3.11. The average molecular weight is 384 g/mol. The van der Waals surface area contributed by atoms with Crippen LogP contribution >= 0.6 is 0 Å². The number of ether oxygens (including phenoxy) is 3. The molecule has 0 radical (unpaired) electrons. The van der Waals surface area contributed by atoms with Crippen LogP contribution in [0.3, 0.4) is 0 Å². The number of amides is 2. The van der Waals surface area contributed by atoms with Crippen LogP contribution in [-0.4, -0.2) is 36.9 Å². The highest BCUT2D eigenvalue weighted by Crippen LogP contribution is 2.32. The van der Waals surface area contributed by atoms with E-state index in [9.17, 15) is 14.7 Å². The second-order valence-corrected chi connectivity index (χ2v) is 6.56. The molecule has 0 fully saturated rings. The Morgan fingerprint density at radius 1 is 0.964 bits per heavy atom. The molecule has 0 spiro atoms. The molecule has 146 valence electrons. The lowest BCUT2D eigenvalue weighted by Gasteiger charge is -2.13. The third-order valence-corrected chi connectivity index (χ3v) is 4.65. The first-order valence-electron chi connectivity index (χ1n) is 8.98. The Morgan fingerprint density at radius 3 is 2.64 bits per heavy atom. The third-order valence-electron chi connectivity index (χ3n) is 4.65. The molecule has 8 nitrogen and oxygen atoms in total. The van der Waals surface area contributed by atoms with E-state index >= 15 is 0 Å². The second-order valence-electron chi connectivity index (χ2n) is 6.56. The number of aliphatic hydroxyl groups is 1. The lowest BCUT2D eigenvalue weighted by Crippen LogP contribution is -2.41. The molecule has 1 unspecified atom stereocenters. The van der Waals surface area contributed by atoms with Gasteiger partial charge in [0.2, 0.25) is 6.79 Å². The molecular formula is C20H20N2O6. The predicted octanol–water partition coefficient (Wildman–Crippen LogP) is 0.816. The van der Waals surface area contributed by atoms with E-state index in [4.69, 9.17) is 14.2 Å². The molecule has 2 aromatic carbocycles. The van der Waals surface area contributed by atoms with Crippen LogP contribution in [0.2, 0.25) is 0 Å². The van der Waals surface area contributed by atoms with Gasteiger partial charge in [0.1, 0.15) is 5.75 Å². The number of carbonyl (C=O) groups excluding carboxylic acids is 2. The highest BCUT2D eigenvalue weighted by Gasteiger charge is 2.19. The highest BCUT2D eigenvalue weighted by atomic mass is 16.7. The SMILES string of the molecule is O=C(NCc1ccc2c(c1)OCO2)C(=O)NCC(O)c1ccc2c(c1)CCO2. The van der Waals surface area contributed by atoms with Crippen molar-refractivity contribution in [2.45, 2.75) is 19.1 Å². The van der Waals surface area contributed by atoms with Crippen molar-refractivity contribution in [2.75, 3.05) is 19.9 Å². The Morgan fingerprint density at radius 2 is 1.75 bits per heavy atom. The monoisotopic (exact) mass is 384 g/mol. The molecule has 0 aromatic heterocycles. The standard InChI is InChI=1S/C20H20N2O6/c23-15(13-2-4-16-14(8-13)5-6-26-16)10-22-20(25)19(24)21-9-12-1-3-17-18(7-12)28-11-27-17/h1-4,7-8,15,23H,5-6,9-11H2,(H,21,24)(H,22,25). The summed E-state index contributed by atoms with van der Waals surface area (Å²) in [6, 6.07) is 10.7. The van der Waals surface area contributed by atoms with Gasteiger partial charge >= 0.3 is 11.8 Å². The zero-order chi connectivity index (χ0) is 19.5. The minimum Gasteiger partial charge on any atom is -0.493 e. The van der Waals surface area contributed by atoms with Crippen LogP contribution in [0.1, 0.15) is 22.8 Å². The fraction of sp³-hybridized carbons (Fsp3) is 0.300. The first-order valence-corrected chi connectivity index (χ1v) is 8.98. The fourth-order valence-corrected chi connectivity index (χ4v) is 3.11. The van der Waals surface area contributed by atoms with Crippen molar-refractivity contribution in [1.29, 1.82) is 0 Å². The van der Waals surface area contributed by atoms with Crippen LogP contribution in [0.15, 0.2) is 36.4 Å². The molecule has 28 heavy (non-hydrogen) atoms. The normalized spacial score (nSPS) is 14.8. The van der Waals surface area contributed by atoms with Gasteiger partial charge in [0.05, 0.1) is 12.7 Å². The number of nitrogens with one attached hydrogen (secondary N) is 2. The summed E-state index contributed by atoms with van der Waals surface area (Å²) >= 11 is 0. The Balaban J connectivity index is 1.25. The van der Waals surface area contributed by atoms with Gasteiger partial charge in [-0.25, -0.2) is 0 Å². The van der Waals surface area contributed by atoms with Crippen LogP contribution in [0.5, 0.6) is 17.2 Å². The molecule has 8 heteroatoms. The number of aliphatic hydroxyl groups excluding tert-OH is 1. The minimum atomic E-state index is -0.906. The highest BCUT2D eigenvalue weighted by molar-refractivity contribution is 6.35. The van der Waals surface area contributed by atoms with Gasteiger partial charge in [-0.05, 0) is 41.0 Å². The lowest BCUT2D eigenvalue weighted by molar-refractivity contribution is -0.139. The maximum Gasteiger partial charge on any atom is 0.309 e. The zero-order valence-corrected chi connectivity index (χ0v) is 15.1. The van der Waals surface area contributed by atoms with Crippen molar-refractivity contribution in [3.8, 4) is 17.2 Å². The summed E-state index contributed by atoms with van der Waals surface area (Å²) in [6.07, 6.45) is -0.110. The van der Waals surface area contributed by atoms with Gasteiger partial charge in [-0.2, -0.15) is 0 Å². The van der Waals surface area contributed by atoms with Crippen molar-refractivity contribution in [1.82, 2.24) is 10.6 Å². The van der Waals surface area contributed by atoms with Gasteiger partial charge in [-0.3, -0.25) is 9.59 Å². The molecule has 4 rings (SSSR count). The molecule has 1 atom stereocenters. The first kappa shape index (κ1) is 18.1. The second kappa shape index (κ2) is 7.77. The van der Waals surface area contributed by atoms with E-state index in [2.05, 4.69) is 10.6 Å². The van der Waals surface area contributed by atoms with Crippen LogP contribution in [0, 0.1) is 0 Å². The first-order chi connectivity index (χ1) is 13.6. The van der Waals surface area contributed by atoms with Crippen LogP contribution in [0.4, 0.5) is 0 Å². The Bertz CT molecular complexity index is 914. The van der Waals surface area contributed by atoms with E-state index in [0.717, 1.165) is 23.3 Å². The van der Waals surface area contributed by atoms with E-state index in [1.54, 1.807) is 30.3 Å². The van der Waals surface area contributed by atoms with Gasteiger partial charge in [0, 0.05) is 19.5 Å². The van der Waals surface area contributed by atoms with E-state index in [0.29, 0.717) is 23.7 Å². The molecule has 2 aliphatic heterocycles. The summed E-state index contributed by atoms with van der Waals surface area (Å²) in [6.45, 7) is 0.925. The zero-order valence-electron chi connectivity index (χ0n) is 15.1. The molecule has 3 N–H and O–H groups in total. The Hall–Kier alpha value is -3.26. The predicted molar refractivity (Wildman–Crippen MR) is 98.0 cm³/mol. The van der Waals surface area contributed by atoms with E-state index in [-0.39, 0.29) is 19.9 Å². The molecular weight excluding hydrogens is 364 g/mol. The van der Waals surface area contributed by atoms with E-state index in [1.807, 2.05) is 6.07 Å². The number of benzene rings is 2. The van der Waals surface area contributed by atoms with Crippen LogP contribution in [-0.2, 0) is 22.6 Å². The minimum absolute atomic E-state index is 0.0596. The summed E-state index contributed by atoms with van der Waals surface area (Å²) in [5.41, 5.74) is 2.49. The van der Waals surface area contributed by atoms with Crippen molar-refractivity contribution >= 4 is 11.8 Å². The van der Waals surface area contributed by atoms with Gasteiger partial charge in [-0.1, -0.05) is 12.1 Å². The maximum atomic E-state index is 12.0. The van der Waals surface area contributed by atoms with Crippen molar-refractivity contribution < 1.29 is 28.9 Å². The molecule has 2 amide bonds. The van der Waals surface area contributed by atoms with Crippen LogP contribution in [0.25, 0.3) is 0 Å². The molecule has 2 aliphatic rings. The summed E-state index contributed by atoms with van der Waals surface area (Å²) in [4.78, 5) is 24.0. The maximum absolute atomic E-state index is 12.0. The molecule has 0 bridgehead atoms. The molecule has 0 saturated carbocycles. The van der Waals surface area contributed by atoms with Crippen molar-refractivity contribution in [3.63, 3.8) is 0 Å². The van der Waals surface area contributed by atoms with Crippen molar-refractivity contribution in [3.05, 3.63) is 53.1 Å². The number of rotatable bonds is 5. The Kier molecular flexibility index (Phi) is 5.03. The smallest absolute Gasteiger partial charge is 0.309 e. The molecule has 2 heterocycles. The summed E-state index contributed by atoms with van der Waals surface area (Å²) in [5, 5.41) is 15.3. The van der Waals surface area contributed by atoms with E-state index < -0.39 is 17.9 Å². The van der Waals surface area contributed by atoms with E-state index in [1.165, 1.54) is 0 Å². The van der Waals surface area contributed by atoms with Gasteiger partial charge in [0.25, 0.3) is 0 Å². The number of carbonyl (C=O) groups is 2. The van der Waals surface area contributed by atoms with Crippen LogP contribution < -0.4 is 24.8 Å². The average Bonchev–Trinajstić information content (AvgIpc) is 3.37. The lowest BCUT2D eigenvalue weighted by atomic mass is 10.0. The quantitative estimate of drug-likeness (QED) is 0.659.